The van der Waals surface area contributed by atoms with E-state index in [0.29, 0.717) is 13.0 Å². The second-order valence-corrected chi connectivity index (χ2v) is 10.1. The highest BCUT2D eigenvalue weighted by Gasteiger charge is 2.24. The Balaban J connectivity index is 1.72. The van der Waals surface area contributed by atoms with Gasteiger partial charge in [0, 0.05) is 25.2 Å². The molecule has 2 aromatic rings. The van der Waals surface area contributed by atoms with Gasteiger partial charge in [-0.1, -0.05) is 45.0 Å². The zero-order chi connectivity index (χ0) is 20.5. The van der Waals surface area contributed by atoms with Crippen LogP contribution in [0.15, 0.2) is 47.4 Å². The van der Waals surface area contributed by atoms with Crippen molar-refractivity contribution in [1.29, 1.82) is 0 Å². The summed E-state index contributed by atoms with van der Waals surface area (Å²) in [5, 5.41) is 0. The van der Waals surface area contributed by atoms with Crippen LogP contribution in [0.4, 0.5) is 5.69 Å². The van der Waals surface area contributed by atoms with Crippen molar-refractivity contribution in [3.63, 3.8) is 0 Å². The van der Waals surface area contributed by atoms with Crippen LogP contribution in [0, 0.1) is 6.92 Å². The van der Waals surface area contributed by atoms with E-state index in [1.165, 1.54) is 5.56 Å². The highest BCUT2D eigenvalue weighted by atomic mass is 32.2. The van der Waals surface area contributed by atoms with Gasteiger partial charge in [0.25, 0.3) is 0 Å². The molecule has 0 aliphatic carbocycles. The van der Waals surface area contributed by atoms with Crippen LogP contribution in [0.25, 0.3) is 0 Å². The highest BCUT2D eigenvalue weighted by molar-refractivity contribution is 7.89. The summed E-state index contributed by atoms with van der Waals surface area (Å²) in [6, 6.07) is 12.9. The molecular formula is C22H28N2O3S. The number of nitrogens with zero attached hydrogens (tertiary/aromatic N) is 1. The maximum Gasteiger partial charge on any atom is 0.240 e. The zero-order valence-electron chi connectivity index (χ0n) is 17.0. The molecule has 1 N–H and O–H groups in total. The van der Waals surface area contributed by atoms with Crippen molar-refractivity contribution < 1.29 is 13.2 Å². The molecule has 0 bridgehead atoms. The van der Waals surface area contributed by atoms with Crippen molar-refractivity contribution in [2.24, 2.45) is 0 Å². The molecule has 2 aromatic carbocycles. The monoisotopic (exact) mass is 400 g/mol. The number of rotatable bonds is 5. The van der Waals surface area contributed by atoms with Crippen LogP contribution in [0.1, 0.15) is 50.3 Å². The Morgan fingerprint density at radius 1 is 1.07 bits per heavy atom. The largest absolute Gasteiger partial charge is 0.312 e. The average molecular weight is 401 g/mol. The first-order chi connectivity index (χ1) is 13.1. The summed E-state index contributed by atoms with van der Waals surface area (Å²) in [7, 11) is -3.63. The van der Waals surface area contributed by atoms with Gasteiger partial charge < -0.3 is 4.90 Å². The van der Waals surface area contributed by atoms with E-state index in [1.54, 1.807) is 23.1 Å². The molecule has 0 aromatic heterocycles. The Bertz CT molecular complexity index is 974. The van der Waals surface area contributed by atoms with E-state index in [4.69, 9.17) is 0 Å². The lowest BCUT2D eigenvalue weighted by Gasteiger charge is -2.19. The molecule has 0 radical (unpaired) electrons. The molecule has 3 rings (SSSR count). The van der Waals surface area contributed by atoms with Gasteiger partial charge in [0.15, 0.2) is 0 Å². The highest BCUT2D eigenvalue weighted by Crippen LogP contribution is 2.27. The number of hydrogen-bond acceptors (Lipinski definition) is 3. The van der Waals surface area contributed by atoms with Crippen LogP contribution in [0.3, 0.4) is 0 Å². The molecule has 0 unspecified atom stereocenters. The molecule has 1 saturated heterocycles. The van der Waals surface area contributed by atoms with Crippen LogP contribution in [-0.2, 0) is 26.8 Å². The Kier molecular flexibility index (Phi) is 5.64. The summed E-state index contributed by atoms with van der Waals surface area (Å²) in [4.78, 5) is 13.9. The van der Waals surface area contributed by atoms with E-state index in [0.717, 1.165) is 23.2 Å². The van der Waals surface area contributed by atoms with Gasteiger partial charge in [0.1, 0.15) is 0 Å². The molecule has 0 spiro atoms. The summed E-state index contributed by atoms with van der Waals surface area (Å²) in [6.07, 6.45) is 1.39. The molecule has 0 atom stereocenters. The quantitative estimate of drug-likeness (QED) is 0.828. The molecule has 1 aliphatic rings. The first-order valence-electron chi connectivity index (χ1n) is 9.58. The molecule has 1 heterocycles. The molecule has 5 nitrogen and oxygen atoms in total. The van der Waals surface area contributed by atoms with Gasteiger partial charge >= 0.3 is 0 Å². The summed E-state index contributed by atoms with van der Waals surface area (Å²) >= 11 is 0. The van der Waals surface area contributed by atoms with E-state index in [2.05, 4.69) is 25.5 Å². The minimum absolute atomic E-state index is 0.0635. The van der Waals surface area contributed by atoms with E-state index in [-0.39, 0.29) is 22.8 Å². The van der Waals surface area contributed by atoms with Crippen LogP contribution in [0.2, 0.25) is 0 Å². The first kappa shape index (κ1) is 20.6. The van der Waals surface area contributed by atoms with E-state index >= 15 is 0 Å². The Labute approximate surface area is 167 Å². The summed E-state index contributed by atoms with van der Waals surface area (Å²) in [5.41, 5.74) is 3.76. The van der Waals surface area contributed by atoms with Gasteiger partial charge in [-0.3, -0.25) is 4.79 Å². The predicted molar refractivity (Wildman–Crippen MR) is 112 cm³/mol. The maximum absolute atomic E-state index is 12.7. The number of carbonyl (C=O) groups excluding carboxylic acids is 1. The predicted octanol–water partition coefficient (Wildman–Crippen LogP) is 3.90. The Hall–Kier alpha value is -2.18. The maximum atomic E-state index is 12.7. The Morgan fingerprint density at radius 2 is 1.75 bits per heavy atom. The molecule has 6 heteroatoms. The van der Waals surface area contributed by atoms with E-state index in [9.17, 15) is 13.2 Å². The lowest BCUT2D eigenvalue weighted by molar-refractivity contribution is -0.117. The summed E-state index contributed by atoms with van der Waals surface area (Å²) in [5.74, 6) is 0.0931. The lowest BCUT2D eigenvalue weighted by atomic mass is 9.87. The van der Waals surface area contributed by atoms with Gasteiger partial charge in [0.05, 0.1) is 4.90 Å². The number of benzene rings is 2. The number of nitrogens with one attached hydrogen (secondary N) is 1. The van der Waals surface area contributed by atoms with Crippen LogP contribution >= 0.6 is 0 Å². The molecule has 28 heavy (non-hydrogen) atoms. The third kappa shape index (κ3) is 4.45. The van der Waals surface area contributed by atoms with Crippen LogP contribution in [0.5, 0.6) is 0 Å². The Morgan fingerprint density at radius 3 is 2.29 bits per heavy atom. The van der Waals surface area contributed by atoms with Gasteiger partial charge in [-0.05, 0) is 53.6 Å². The number of sulfonamides is 1. The van der Waals surface area contributed by atoms with Crippen LogP contribution in [-0.4, -0.2) is 20.9 Å². The van der Waals surface area contributed by atoms with Crippen molar-refractivity contribution in [3.8, 4) is 0 Å². The average Bonchev–Trinajstić information content (AvgIpc) is 3.05. The van der Waals surface area contributed by atoms with Gasteiger partial charge in [-0.15, -0.1) is 0 Å². The van der Waals surface area contributed by atoms with E-state index in [1.807, 2.05) is 31.2 Å². The molecular weight excluding hydrogens is 372 g/mol. The second-order valence-electron chi connectivity index (χ2n) is 8.37. The van der Waals surface area contributed by atoms with Crippen LogP contribution < -0.4 is 9.62 Å². The molecule has 1 amide bonds. The fourth-order valence-electron chi connectivity index (χ4n) is 3.39. The first-order valence-corrected chi connectivity index (χ1v) is 11.1. The van der Waals surface area contributed by atoms with Crippen molar-refractivity contribution >= 4 is 21.6 Å². The summed E-state index contributed by atoms with van der Waals surface area (Å²) in [6.45, 7) is 9.20. The zero-order valence-corrected chi connectivity index (χ0v) is 17.8. The number of amides is 1. The van der Waals surface area contributed by atoms with E-state index < -0.39 is 10.0 Å². The SMILES string of the molecule is Cc1cc(S(=O)(=O)NCc2ccc(C(C)(C)C)cc2)ccc1N1CCCC1=O. The fraction of sp³-hybridized carbons (Fsp3) is 0.409. The lowest BCUT2D eigenvalue weighted by Crippen LogP contribution is -2.26. The summed E-state index contributed by atoms with van der Waals surface area (Å²) < 4.78 is 28.0. The van der Waals surface area contributed by atoms with Gasteiger partial charge in [0.2, 0.25) is 15.9 Å². The van der Waals surface area contributed by atoms with Gasteiger partial charge in [-0.2, -0.15) is 0 Å². The molecule has 0 saturated carbocycles. The minimum atomic E-state index is -3.63. The van der Waals surface area contributed by atoms with Gasteiger partial charge in [-0.25, -0.2) is 13.1 Å². The third-order valence-corrected chi connectivity index (χ3v) is 6.53. The smallest absolute Gasteiger partial charge is 0.240 e. The molecule has 1 aliphatic heterocycles. The van der Waals surface area contributed by atoms with Crippen molar-refractivity contribution in [1.82, 2.24) is 4.72 Å². The fourth-order valence-corrected chi connectivity index (χ4v) is 4.49. The topological polar surface area (TPSA) is 66.5 Å². The number of anilines is 1. The second kappa shape index (κ2) is 7.68. The van der Waals surface area contributed by atoms with Crippen molar-refractivity contribution in [3.05, 3.63) is 59.2 Å². The number of hydrogen-bond donors (Lipinski definition) is 1. The standard InChI is InChI=1S/C22H28N2O3S/c1-16-14-19(11-12-20(16)24-13-5-6-21(24)25)28(26,27)23-15-17-7-9-18(10-8-17)22(2,3)4/h7-12,14,23H,5-6,13,15H2,1-4H3. The molecule has 1 fully saturated rings. The molecule has 150 valence electrons. The third-order valence-electron chi connectivity index (χ3n) is 5.13. The van der Waals surface area contributed by atoms with Crippen molar-refractivity contribution in [2.75, 3.05) is 11.4 Å². The number of carbonyl (C=O) groups is 1. The minimum Gasteiger partial charge on any atom is -0.312 e. The number of aryl methyl sites for hydroxylation is 1. The normalized spacial score (nSPS) is 15.3. The van der Waals surface area contributed by atoms with Crippen molar-refractivity contribution in [2.45, 2.75) is 57.4 Å².